The topological polar surface area (TPSA) is 74.6 Å². The molecule has 0 bridgehead atoms. The number of aliphatic hydroxyl groups is 1. The molecule has 158 valence electrons. The summed E-state index contributed by atoms with van der Waals surface area (Å²) in [4.78, 5) is 0. The Balaban J connectivity index is 3.85. The van der Waals surface area contributed by atoms with E-state index in [9.17, 15) is 18.1 Å². The zero-order valence-electron chi connectivity index (χ0n) is 17.3. The molecule has 2 N–H and O–H groups in total. The van der Waals surface area contributed by atoms with Gasteiger partial charge in [0.15, 0.2) is 0 Å². The molecule has 2 atom stereocenters. The summed E-state index contributed by atoms with van der Waals surface area (Å²) in [6.07, 6.45) is 16.7. The monoisotopic (exact) mass is 392 g/mol. The van der Waals surface area contributed by atoms with E-state index in [4.69, 9.17) is 0 Å². The summed E-state index contributed by atoms with van der Waals surface area (Å²) in [5, 5.41) is 9.39. The second kappa shape index (κ2) is 17.0. The maximum Gasteiger partial charge on any atom is 0.267 e. The van der Waals surface area contributed by atoms with Crippen LogP contribution in [0.3, 0.4) is 0 Å². The molecular formula is C21H44O4S. The molecule has 4 nitrogen and oxygen atoms in total. The van der Waals surface area contributed by atoms with Crippen LogP contribution in [0.4, 0.5) is 0 Å². The maximum absolute atomic E-state index is 11.6. The highest BCUT2D eigenvalue weighted by molar-refractivity contribution is 7.86. The third kappa shape index (κ3) is 16.1. The fourth-order valence-corrected chi connectivity index (χ4v) is 4.41. The van der Waals surface area contributed by atoms with E-state index in [0.717, 1.165) is 32.1 Å². The Labute approximate surface area is 162 Å². The Hall–Kier alpha value is -0.130. The fourth-order valence-electron chi connectivity index (χ4n) is 3.48. The van der Waals surface area contributed by atoms with Crippen LogP contribution in [0.25, 0.3) is 0 Å². The second-order valence-electron chi connectivity index (χ2n) is 7.83. The van der Waals surface area contributed by atoms with Crippen LogP contribution in [0.1, 0.15) is 123 Å². The first-order valence-electron chi connectivity index (χ1n) is 11.1. The molecule has 0 saturated carbocycles. The number of aliphatic hydroxyl groups excluding tert-OH is 1. The van der Waals surface area contributed by atoms with Crippen LogP contribution in [0, 0.1) is 0 Å². The van der Waals surface area contributed by atoms with Gasteiger partial charge in [0.2, 0.25) is 0 Å². The van der Waals surface area contributed by atoms with E-state index in [1.54, 1.807) is 0 Å². The first kappa shape index (κ1) is 25.9. The molecule has 0 saturated heterocycles. The molecule has 0 rings (SSSR count). The molecule has 0 aliphatic heterocycles. The lowest BCUT2D eigenvalue weighted by molar-refractivity contribution is 0.147. The molecule has 26 heavy (non-hydrogen) atoms. The third-order valence-corrected chi connectivity index (χ3v) is 6.57. The van der Waals surface area contributed by atoms with Gasteiger partial charge < -0.3 is 5.11 Å². The van der Waals surface area contributed by atoms with Crippen LogP contribution in [-0.2, 0) is 10.1 Å². The predicted molar refractivity (Wildman–Crippen MR) is 111 cm³/mol. The van der Waals surface area contributed by atoms with Gasteiger partial charge in [-0.1, -0.05) is 90.9 Å². The van der Waals surface area contributed by atoms with Gasteiger partial charge in [-0.15, -0.1) is 0 Å². The Morgan fingerprint density at radius 1 is 0.615 bits per heavy atom. The van der Waals surface area contributed by atoms with Crippen molar-refractivity contribution < 1.29 is 18.1 Å². The summed E-state index contributed by atoms with van der Waals surface area (Å²) in [7, 11) is -3.97. The van der Waals surface area contributed by atoms with Gasteiger partial charge in [0.1, 0.15) is 0 Å². The van der Waals surface area contributed by atoms with Crippen molar-refractivity contribution in [2.75, 3.05) is 0 Å². The molecule has 0 aromatic heterocycles. The molecule has 0 radical (unpaired) electrons. The van der Waals surface area contributed by atoms with Crippen LogP contribution >= 0.6 is 0 Å². The lowest BCUT2D eigenvalue weighted by Crippen LogP contribution is -2.21. The average molecular weight is 393 g/mol. The van der Waals surface area contributed by atoms with Gasteiger partial charge in [-0.25, -0.2) is 0 Å². The molecule has 5 heteroatoms. The summed E-state index contributed by atoms with van der Waals surface area (Å²) in [6, 6.07) is 0. The summed E-state index contributed by atoms with van der Waals surface area (Å²) in [5.74, 6) is 0. The van der Waals surface area contributed by atoms with E-state index in [0.29, 0.717) is 25.7 Å². The Kier molecular flexibility index (Phi) is 16.9. The molecule has 0 fully saturated rings. The molecule has 0 spiro atoms. The highest BCUT2D eigenvalue weighted by Gasteiger charge is 2.22. The van der Waals surface area contributed by atoms with Gasteiger partial charge in [0, 0.05) is 0 Å². The zero-order valence-corrected chi connectivity index (χ0v) is 18.1. The Morgan fingerprint density at radius 2 is 1.00 bits per heavy atom. The van der Waals surface area contributed by atoms with Gasteiger partial charge >= 0.3 is 0 Å². The molecule has 0 aromatic carbocycles. The molecule has 2 unspecified atom stereocenters. The van der Waals surface area contributed by atoms with Gasteiger partial charge in [-0.3, -0.25) is 4.55 Å². The highest BCUT2D eigenvalue weighted by Crippen LogP contribution is 2.19. The summed E-state index contributed by atoms with van der Waals surface area (Å²) in [5.41, 5.74) is 0. The predicted octanol–water partition coefficient (Wildman–Crippen LogP) is 6.28. The molecule has 0 aromatic rings. The molecule has 0 aliphatic rings. The first-order chi connectivity index (χ1) is 12.4. The smallest absolute Gasteiger partial charge is 0.267 e. The van der Waals surface area contributed by atoms with Crippen molar-refractivity contribution in [2.45, 2.75) is 134 Å². The van der Waals surface area contributed by atoms with Crippen LogP contribution < -0.4 is 0 Å². The molecule has 0 amide bonds. The fraction of sp³-hybridized carbons (Fsp3) is 1.00. The lowest BCUT2D eigenvalue weighted by atomic mass is 10.0. The maximum atomic E-state index is 11.6. The van der Waals surface area contributed by atoms with Crippen LogP contribution in [0.15, 0.2) is 0 Å². The van der Waals surface area contributed by atoms with Crippen molar-refractivity contribution in [1.82, 2.24) is 0 Å². The number of hydrogen-bond acceptors (Lipinski definition) is 3. The minimum absolute atomic E-state index is 0.336. The van der Waals surface area contributed by atoms with E-state index in [1.807, 2.05) is 0 Å². The molecular weight excluding hydrogens is 348 g/mol. The van der Waals surface area contributed by atoms with E-state index < -0.39 is 15.4 Å². The van der Waals surface area contributed by atoms with Gasteiger partial charge in [-0.05, 0) is 32.1 Å². The van der Waals surface area contributed by atoms with Crippen molar-refractivity contribution in [3.8, 4) is 0 Å². The van der Waals surface area contributed by atoms with Gasteiger partial charge in [-0.2, -0.15) is 8.42 Å². The quantitative estimate of drug-likeness (QED) is 0.200. The zero-order chi connectivity index (χ0) is 19.7. The summed E-state index contributed by atoms with van der Waals surface area (Å²) in [6.45, 7) is 4.38. The highest BCUT2D eigenvalue weighted by atomic mass is 32.2. The van der Waals surface area contributed by atoms with E-state index in [2.05, 4.69) is 13.8 Å². The normalized spacial score (nSPS) is 14.5. The van der Waals surface area contributed by atoms with Crippen molar-refractivity contribution in [1.29, 1.82) is 0 Å². The van der Waals surface area contributed by atoms with Crippen LogP contribution in [-0.4, -0.2) is 29.4 Å². The summed E-state index contributed by atoms with van der Waals surface area (Å²) >= 11 is 0. The molecule has 0 aliphatic carbocycles. The Morgan fingerprint density at radius 3 is 1.50 bits per heavy atom. The SMILES string of the molecule is CCCCCCCCC(O)CCCC(CCCCCCCC)S(=O)(=O)O. The summed E-state index contributed by atoms with van der Waals surface area (Å²) < 4.78 is 32.6. The lowest BCUT2D eigenvalue weighted by Gasteiger charge is -2.15. The van der Waals surface area contributed by atoms with E-state index in [-0.39, 0.29) is 6.10 Å². The van der Waals surface area contributed by atoms with E-state index in [1.165, 1.54) is 51.4 Å². The molecule has 0 heterocycles. The first-order valence-corrected chi connectivity index (χ1v) is 12.6. The Bertz CT molecular complexity index is 395. The number of rotatable bonds is 19. The number of hydrogen-bond donors (Lipinski definition) is 2. The van der Waals surface area contributed by atoms with Crippen molar-refractivity contribution in [2.24, 2.45) is 0 Å². The van der Waals surface area contributed by atoms with Gasteiger partial charge in [0.05, 0.1) is 11.4 Å². The number of unbranched alkanes of at least 4 members (excludes halogenated alkanes) is 10. The average Bonchev–Trinajstić information content (AvgIpc) is 2.58. The standard InChI is InChI=1S/C21H44O4S/c1-3-5-7-9-11-13-16-20(22)17-15-19-21(26(23,24)25)18-14-12-10-8-6-4-2/h20-22H,3-19H2,1-2H3,(H,23,24,25). The minimum atomic E-state index is -3.97. The third-order valence-electron chi connectivity index (χ3n) is 5.26. The van der Waals surface area contributed by atoms with Crippen molar-refractivity contribution in [3.05, 3.63) is 0 Å². The van der Waals surface area contributed by atoms with E-state index >= 15 is 0 Å². The minimum Gasteiger partial charge on any atom is -0.393 e. The van der Waals surface area contributed by atoms with Crippen molar-refractivity contribution in [3.63, 3.8) is 0 Å². The van der Waals surface area contributed by atoms with Crippen LogP contribution in [0.5, 0.6) is 0 Å². The largest absolute Gasteiger partial charge is 0.393 e. The van der Waals surface area contributed by atoms with Crippen molar-refractivity contribution >= 4 is 10.1 Å². The van der Waals surface area contributed by atoms with Crippen LogP contribution in [0.2, 0.25) is 0 Å². The second-order valence-corrected chi connectivity index (χ2v) is 9.53. The van der Waals surface area contributed by atoms with Gasteiger partial charge in [0.25, 0.3) is 10.1 Å².